The molecule has 0 unspecified atom stereocenters. The predicted molar refractivity (Wildman–Crippen MR) is 98.6 cm³/mol. The third-order valence-electron chi connectivity index (χ3n) is 4.98. The fourth-order valence-corrected chi connectivity index (χ4v) is 5.11. The molecule has 0 atom stereocenters. The van der Waals surface area contributed by atoms with Gasteiger partial charge in [0.25, 0.3) is 16.1 Å². The number of rotatable bonds is 4. The Hall–Kier alpha value is -2.30. The molecule has 9 nitrogen and oxygen atoms in total. The number of amides is 1. The summed E-state index contributed by atoms with van der Waals surface area (Å²) in [4.78, 5) is 18.7. The van der Waals surface area contributed by atoms with Gasteiger partial charge in [-0.25, -0.2) is 9.67 Å². The second kappa shape index (κ2) is 7.37. The molecule has 0 saturated carbocycles. The van der Waals surface area contributed by atoms with Gasteiger partial charge in [-0.15, -0.1) is 0 Å². The third-order valence-corrected chi connectivity index (χ3v) is 7.01. The monoisotopic (exact) mass is 390 g/mol. The van der Waals surface area contributed by atoms with Crippen LogP contribution in [-0.4, -0.2) is 81.9 Å². The van der Waals surface area contributed by atoms with E-state index in [0.717, 1.165) is 12.8 Å². The topological polar surface area (TPSA) is 91.6 Å². The van der Waals surface area contributed by atoms with E-state index in [1.165, 1.54) is 10.5 Å². The van der Waals surface area contributed by atoms with Crippen LogP contribution < -0.4 is 0 Å². The zero-order valence-corrected chi connectivity index (χ0v) is 15.8. The number of nitrogens with zero attached hydrogens (tertiary/aromatic N) is 6. The first-order chi connectivity index (χ1) is 13.1. The number of aromatic nitrogens is 3. The maximum Gasteiger partial charge on any atom is 0.282 e. The second-order valence-electron chi connectivity index (χ2n) is 6.66. The van der Waals surface area contributed by atoms with Crippen molar-refractivity contribution in [2.45, 2.75) is 12.8 Å². The summed E-state index contributed by atoms with van der Waals surface area (Å²) in [7, 11) is -3.40. The van der Waals surface area contributed by atoms with Gasteiger partial charge in [-0.2, -0.15) is 22.1 Å². The number of hydrogen-bond acceptors (Lipinski definition) is 5. The van der Waals surface area contributed by atoms with Crippen LogP contribution in [0.3, 0.4) is 0 Å². The SMILES string of the molecule is O=C(c1ccc(-n2cccn2)nc1)N1CCN(S(=O)(=O)N2CCCC2)CC1. The van der Waals surface area contributed by atoms with Gasteiger partial charge in [-0.1, -0.05) is 0 Å². The van der Waals surface area contributed by atoms with Crippen molar-refractivity contribution in [2.24, 2.45) is 0 Å². The molecule has 0 N–H and O–H groups in total. The molecule has 2 aromatic rings. The van der Waals surface area contributed by atoms with Crippen LogP contribution in [-0.2, 0) is 10.2 Å². The number of carbonyl (C=O) groups excluding carboxylic acids is 1. The Balaban J connectivity index is 1.38. The van der Waals surface area contributed by atoms with Crippen LogP contribution in [0.25, 0.3) is 5.82 Å². The summed E-state index contributed by atoms with van der Waals surface area (Å²) in [5.41, 5.74) is 0.488. The molecule has 0 spiro atoms. The van der Waals surface area contributed by atoms with Gasteiger partial charge in [0.1, 0.15) is 0 Å². The van der Waals surface area contributed by atoms with Crippen molar-refractivity contribution >= 4 is 16.1 Å². The van der Waals surface area contributed by atoms with Crippen molar-refractivity contribution in [1.82, 2.24) is 28.3 Å². The summed E-state index contributed by atoms with van der Waals surface area (Å²) < 4.78 is 29.9. The summed E-state index contributed by atoms with van der Waals surface area (Å²) in [6.45, 7) is 2.60. The predicted octanol–water partition coefficient (Wildman–Crippen LogP) is 0.366. The lowest BCUT2D eigenvalue weighted by molar-refractivity contribution is 0.0694. The molecule has 2 saturated heterocycles. The molecule has 27 heavy (non-hydrogen) atoms. The lowest BCUT2D eigenvalue weighted by atomic mass is 10.2. The van der Waals surface area contributed by atoms with Gasteiger partial charge in [-0.3, -0.25) is 4.79 Å². The smallest absolute Gasteiger partial charge is 0.282 e. The molecule has 0 aromatic carbocycles. The van der Waals surface area contributed by atoms with Crippen molar-refractivity contribution in [2.75, 3.05) is 39.3 Å². The Kier molecular flexibility index (Phi) is 4.94. The van der Waals surface area contributed by atoms with Gasteiger partial charge in [0, 0.05) is 57.9 Å². The van der Waals surface area contributed by atoms with Crippen LogP contribution in [0.5, 0.6) is 0 Å². The molecule has 2 aliphatic heterocycles. The number of piperazine rings is 1. The van der Waals surface area contributed by atoms with Crippen LogP contribution >= 0.6 is 0 Å². The number of hydrogen-bond donors (Lipinski definition) is 0. The first kappa shape index (κ1) is 18.1. The molecule has 0 bridgehead atoms. The fraction of sp³-hybridized carbons (Fsp3) is 0.471. The van der Waals surface area contributed by atoms with Gasteiger partial charge >= 0.3 is 0 Å². The van der Waals surface area contributed by atoms with Gasteiger partial charge < -0.3 is 4.90 Å². The lowest BCUT2D eigenvalue weighted by Gasteiger charge is -2.35. The van der Waals surface area contributed by atoms with Gasteiger partial charge in [0.15, 0.2) is 5.82 Å². The molecular weight excluding hydrogens is 368 g/mol. The molecule has 1 amide bonds. The minimum absolute atomic E-state index is 0.132. The van der Waals surface area contributed by atoms with E-state index in [1.807, 2.05) is 0 Å². The van der Waals surface area contributed by atoms with Gasteiger partial charge in [0.05, 0.1) is 5.56 Å². The minimum atomic E-state index is -3.40. The van der Waals surface area contributed by atoms with Crippen LogP contribution in [0.15, 0.2) is 36.8 Å². The highest BCUT2D eigenvalue weighted by atomic mass is 32.2. The quantitative estimate of drug-likeness (QED) is 0.752. The van der Waals surface area contributed by atoms with Crippen LogP contribution in [0.1, 0.15) is 23.2 Å². The average Bonchev–Trinajstić information content (AvgIpc) is 3.42. The number of carbonyl (C=O) groups is 1. The average molecular weight is 390 g/mol. The van der Waals surface area contributed by atoms with Crippen molar-refractivity contribution < 1.29 is 13.2 Å². The first-order valence-electron chi connectivity index (χ1n) is 9.06. The first-order valence-corrected chi connectivity index (χ1v) is 10.5. The van der Waals surface area contributed by atoms with Gasteiger partial charge in [-0.05, 0) is 31.0 Å². The summed E-state index contributed by atoms with van der Waals surface area (Å²) in [5.74, 6) is 0.505. The number of pyridine rings is 1. The Labute approximate surface area is 158 Å². The Morgan fingerprint density at radius 1 is 0.963 bits per heavy atom. The Morgan fingerprint density at radius 2 is 1.67 bits per heavy atom. The van der Waals surface area contributed by atoms with E-state index >= 15 is 0 Å². The zero-order valence-electron chi connectivity index (χ0n) is 14.9. The summed E-state index contributed by atoms with van der Waals surface area (Å²) >= 11 is 0. The molecule has 2 fully saturated rings. The molecular formula is C17H22N6O3S. The summed E-state index contributed by atoms with van der Waals surface area (Å²) in [6.07, 6.45) is 6.81. The third kappa shape index (κ3) is 3.60. The second-order valence-corrected chi connectivity index (χ2v) is 8.59. The van der Waals surface area contributed by atoms with E-state index in [4.69, 9.17) is 0 Å². The Bertz CT molecular complexity index is 883. The summed E-state index contributed by atoms with van der Waals surface area (Å²) in [6, 6.07) is 5.27. The van der Waals surface area contributed by atoms with Crippen LogP contribution in [0.2, 0.25) is 0 Å². The molecule has 4 heterocycles. The van der Waals surface area contributed by atoms with Crippen molar-refractivity contribution in [3.8, 4) is 5.82 Å². The van der Waals surface area contributed by atoms with E-state index in [-0.39, 0.29) is 5.91 Å². The molecule has 144 valence electrons. The van der Waals surface area contributed by atoms with Crippen molar-refractivity contribution in [3.05, 3.63) is 42.4 Å². The van der Waals surface area contributed by atoms with E-state index in [9.17, 15) is 13.2 Å². The standard InChI is InChI=1S/C17H22N6O3S/c24-17(15-4-5-16(18-14-15)23-9-3-6-19-23)20-10-12-22(13-11-20)27(25,26)21-7-1-2-8-21/h3-6,9,14H,1-2,7-8,10-13H2. The molecule has 0 aliphatic carbocycles. The zero-order chi connectivity index (χ0) is 18.9. The van der Waals surface area contributed by atoms with E-state index in [1.54, 1.807) is 44.5 Å². The Morgan fingerprint density at radius 3 is 2.26 bits per heavy atom. The largest absolute Gasteiger partial charge is 0.336 e. The molecule has 2 aromatic heterocycles. The van der Waals surface area contributed by atoms with E-state index < -0.39 is 10.2 Å². The minimum Gasteiger partial charge on any atom is -0.336 e. The highest BCUT2D eigenvalue weighted by molar-refractivity contribution is 7.86. The fourth-order valence-electron chi connectivity index (χ4n) is 3.44. The van der Waals surface area contributed by atoms with Gasteiger partial charge in [0.2, 0.25) is 0 Å². The summed E-state index contributed by atoms with van der Waals surface area (Å²) in [5, 5.41) is 4.11. The molecule has 0 radical (unpaired) electrons. The van der Waals surface area contributed by atoms with Crippen molar-refractivity contribution in [3.63, 3.8) is 0 Å². The highest BCUT2D eigenvalue weighted by Crippen LogP contribution is 2.19. The maximum atomic E-state index is 12.7. The normalized spacial score (nSPS) is 19.5. The maximum absolute atomic E-state index is 12.7. The van der Waals surface area contributed by atoms with Crippen molar-refractivity contribution in [1.29, 1.82) is 0 Å². The van der Waals surface area contributed by atoms with E-state index in [0.29, 0.717) is 50.6 Å². The van der Waals surface area contributed by atoms with E-state index in [2.05, 4.69) is 10.1 Å². The molecule has 10 heteroatoms. The van der Waals surface area contributed by atoms with Crippen LogP contribution in [0.4, 0.5) is 0 Å². The highest BCUT2D eigenvalue weighted by Gasteiger charge is 2.34. The molecule has 2 aliphatic rings. The van der Waals surface area contributed by atoms with Crippen LogP contribution in [0, 0.1) is 0 Å². The lowest BCUT2D eigenvalue weighted by Crippen LogP contribution is -2.53. The molecule has 4 rings (SSSR count).